The summed E-state index contributed by atoms with van der Waals surface area (Å²) in [7, 11) is 1.69. The molecular formula is C15H14FN3O2. The van der Waals surface area contributed by atoms with Gasteiger partial charge < -0.3 is 10.4 Å². The highest BCUT2D eigenvalue weighted by atomic mass is 19.1. The first-order valence-electron chi connectivity index (χ1n) is 6.29. The number of nitrogens with one attached hydrogen (secondary N) is 1. The topological polar surface area (TPSA) is 67.2 Å². The van der Waals surface area contributed by atoms with Crippen molar-refractivity contribution >= 4 is 11.6 Å². The van der Waals surface area contributed by atoms with Crippen molar-refractivity contribution in [2.75, 3.05) is 11.9 Å². The van der Waals surface area contributed by atoms with E-state index in [-0.39, 0.29) is 12.3 Å². The number of halogens is 1. The quantitative estimate of drug-likeness (QED) is 0.842. The van der Waals surface area contributed by atoms with E-state index in [9.17, 15) is 9.18 Å². The monoisotopic (exact) mass is 287 g/mol. The molecule has 21 heavy (non-hydrogen) atoms. The van der Waals surface area contributed by atoms with E-state index in [4.69, 9.17) is 5.11 Å². The molecular weight excluding hydrogens is 273 g/mol. The molecule has 0 atom stereocenters. The molecule has 1 aromatic carbocycles. The molecule has 6 heteroatoms. The molecule has 0 fully saturated rings. The molecule has 0 unspecified atom stereocenters. The molecule has 1 amide bonds. The number of aromatic nitrogens is 2. The van der Waals surface area contributed by atoms with Gasteiger partial charge in [-0.1, -0.05) is 11.8 Å². The summed E-state index contributed by atoms with van der Waals surface area (Å²) >= 11 is 0. The number of aliphatic hydroxyl groups is 1. The SMILES string of the molecule is Cn1cc(C(=O)Nc2ccc(C#CCCO)cc2F)cn1. The lowest BCUT2D eigenvalue weighted by molar-refractivity contribution is 0.102. The Morgan fingerprint density at radius 2 is 2.33 bits per heavy atom. The van der Waals surface area contributed by atoms with Crippen molar-refractivity contribution in [1.29, 1.82) is 0 Å². The molecule has 2 aromatic rings. The lowest BCUT2D eigenvalue weighted by Gasteiger charge is -2.05. The number of aryl methyl sites for hydroxylation is 1. The van der Waals surface area contributed by atoms with Gasteiger partial charge in [0.25, 0.3) is 5.91 Å². The number of anilines is 1. The lowest BCUT2D eigenvalue weighted by Crippen LogP contribution is -2.12. The average molecular weight is 287 g/mol. The zero-order valence-corrected chi connectivity index (χ0v) is 11.4. The second-order valence-electron chi connectivity index (χ2n) is 4.33. The molecule has 0 bridgehead atoms. The minimum absolute atomic E-state index is 0.0330. The van der Waals surface area contributed by atoms with Gasteiger partial charge in [-0.2, -0.15) is 5.10 Å². The van der Waals surface area contributed by atoms with Gasteiger partial charge in [0.2, 0.25) is 0 Å². The minimum Gasteiger partial charge on any atom is -0.395 e. The maximum absolute atomic E-state index is 13.9. The van der Waals surface area contributed by atoms with E-state index in [0.29, 0.717) is 17.5 Å². The number of carbonyl (C=O) groups excluding carboxylic acids is 1. The summed E-state index contributed by atoms with van der Waals surface area (Å²) in [6, 6.07) is 4.29. The first-order chi connectivity index (χ1) is 10.1. The molecule has 0 aliphatic heterocycles. The molecule has 5 nitrogen and oxygen atoms in total. The normalized spacial score (nSPS) is 9.86. The van der Waals surface area contributed by atoms with Crippen LogP contribution in [0, 0.1) is 17.7 Å². The van der Waals surface area contributed by atoms with E-state index in [0.717, 1.165) is 0 Å². The molecule has 0 saturated carbocycles. The first-order valence-corrected chi connectivity index (χ1v) is 6.29. The van der Waals surface area contributed by atoms with Crippen molar-refractivity contribution in [3.63, 3.8) is 0 Å². The van der Waals surface area contributed by atoms with E-state index < -0.39 is 11.7 Å². The highest BCUT2D eigenvalue weighted by Crippen LogP contribution is 2.16. The molecule has 0 saturated heterocycles. The fraction of sp³-hybridized carbons (Fsp3) is 0.200. The Hall–Kier alpha value is -2.65. The largest absolute Gasteiger partial charge is 0.395 e. The van der Waals surface area contributed by atoms with Crippen LogP contribution in [0.4, 0.5) is 10.1 Å². The van der Waals surface area contributed by atoms with Crippen molar-refractivity contribution < 1.29 is 14.3 Å². The summed E-state index contributed by atoms with van der Waals surface area (Å²) in [4.78, 5) is 11.9. The molecule has 0 aliphatic carbocycles. The van der Waals surface area contributed by atoms with E-state index in [1.165, 1.54) is 23.0 Å². The molecule has 0 aliphatic rings. The van der Waals surface area contributed by atoms with Gasteiger partial charge in [-0.05, 0) is 18.2 Å². The van der Waals surface area contributed by atoms with Crippen LogP contribution in [0.2, 0.25) is 0 Å². The van der Waals surface area contributed by atoms with Crippen LogP contribution in [0.15, 0.2) is 30.6 Å². The van der Waals surface area contributed by atoms with Crippen LogP contribution >= 0.6 is 0 Å². The van der Waals surface area contributed by atoms with Crippen molar-refractivity contribution in [3.8, 4) is 11.8 Å². The average Bonchev–Trinajstić information content (AvgIpc) is 2.89. The third-order valence-electron chi connectivity index (χ3n) is 2.65. The summed E-state index contributed by atoms with van der Waals surface area (Å²) in [6.07, 6.45) is 3.28. The van der Waals surface area contributed by atoms with Gasteiger partial charge in [0.1, 0.15) is 5.82 Å². The second-order valence-corrected chi connectivity index (χ2v) is 4.33. The summed E-state index contributed by atoms with van der Waals surface area (Å²) in [5, 5.41) is 15.0. The number of hydrogen-bond donors (Lipinski definition) is 2. The van der Waals surface area contributed by atoms with Gasteiger partial charge >= 0.3 is 0 Å². The van der Waals surface area contributed by atoms with Gasteiger partial charge in [-0.15, -0.1) is 0 Å². The van der Waals surface area contributed by atoms with Crippen molar-refractivity contribution in [1.82, 2.24) is 9.78 Å². The Morgan fingerprint density at radius 1 is 1.52 bits per heavy atom. The maximum atomic E-state index is 13.9. The minimum atomic E-state index is -0.567. The molecule has 2 rings (SSSR count). The second kappa shape index (κ2) is 6.68. The Morgan fingerprint density at radius 3 is 2.95 bits per heavy atom. The van der Waals surface area contributed by atoms with Gasteiger partial charge in [0.15, 0.2) is 0 Å². The van der Waals surface area contributed by atoms with Gasteiger partial charge in [0.05, 0.1) is 24.1 Å². The predicted octanol–water partition coefficient (Wildman–Crippen LogP) is 1.55. The third kappa shape index (κ3) is 3.91. The number of carbonyl (C=O) groups is 1. The van der Waals surface area contributed by atoms with Crippen LogP contribution in [-0.2, 0) is 7.05 Å². The molecule has 2 N–H and O–H groups in total. The van der Waals surface area contributed by atoms with Gasteiger partial charge in [0, 0.05) is 25.2 Å². The fourth-order valence-electron chi connectivity index (χ4n) is 1.65. The highest BCUT2D eigenvalue weighted by Gasteiger charge is 2.11. The third-order valence-corrected chi connectivity index (χ3v) is 2.65. The molecule has 1 aromatic heterocycles. The molecule has 1 heterocycles. The number of aliphatic hydroxyl groups excluding tert-OH is 1. The van der Waals surface area contributed by atoms with Crippen LogP contribution in [0.1, 0.15) is 22.3 Å². The van der Waals surface area contributed by atoms with Gasteiger partial charge in [-0.25, -0.2) is 4.39 Å². The Balaban J connectivity index is 2.11. The van der Waals surface area contributed by atoms with E-state index in [2.05, 4.69) is 22.3 Å². The van der Waals surface area contributed by atoms with Crippen LogP contribution in [0.5, 0.6) is 0 Å². The Labute approximate surface area is 121 Å². The number of benzene rings is 1. The van der Waals surface area contributed by atoms with Gasteiger partial charge in [-0.3, -0.25) is 9.48 Å². The summed E-state index contributed by atoms with van der Waals surface area (Å²) < 4.78 is 15.4. The predicted molar refractivity (Wildman–Crippen MR) is 76.1 cm³/mol. The summed E-state index contributed by atoms with van der Waals surface area (Å²) in [5.41, 5.74) is 0.917. The van der Waals surface area contributed by atoms with Crippen molar-refractivity contribution in [3.05, 3.63) is 47.5 Å². The number of nitrogens with zero attached hydrogens (tertiary/aromatic N) is 2. The van der Waals surface area contributed by atoms with E-state index in [1.54, 1.807) is 19.3 Å². The van der Waals surface area contributed by atoms with Crippen LogP contribution in [0.3, 0.4) is 0 Å². The first kappa shape index (κ1) is 14.8. The van der Waals surface area contributed by atoms with Crippen molar-refractivity contribution in [2.45, 2.75) is 6.42 Å². The molecule has 0 radical (unpaired) electrons. The van der Waals surface area contributed by atoms with Crippen LogP contribution in [0.25, 0.3) is 0 Å². The number of rotatable bonds is 3. The lowest BCUT2D eigenvalue weighted by atomic mass is 10.2. The Kier molecular flexibility index (Phi) is 4.69. The van der Waals surface area contributed by atoms with E-state index >= 15 is 0 Å². The summed E-state index contributed by atoms with van der Waals surface area (Å²) in [6.45, 7) is -0.0330. The zero-order chi connectivity index (χ0) is 15.2. The molecule has 0 spiro atoms. The number of hydrogen-bond acceptors (Lipinski definition) is 3. The summed E-state index contributed by atoms with van der Waals surface area (Å²) in [5.74, 6) is 4.43. The van der Waals surface area contributed by atoms with Crippen molar-refractivity contribution in [2.24, 2.45) is 7.05 Å². The maximum Gasteiger partial charge on any atom is 0.258 e. The smallest absolute Gasteiger partial charge is 0.258 e. The highest BCUT2D eigenvalue weighted by molar-refractivity contribution is 6.04. The van der Waals surface area contributed by atoms with E-state index in [1.807, 2.05) is 0 Å². The van der Waals surface area contributed by atoms with Crippen LogP contribution in [-0.4, -0.2) is 27.4 Å². The standard InChI is InChI=1S/C15H14FN3O2/c1-19-10-12(9-17-19)15(21)18-14-6-5-11(8-13(14)16)4-2-3-7-20/h5-6,8-10,20H,3,7H2,1H3,(H,18,21). The molecule has 108 valence electrons. The Bertz CT molecular complexity index is 713. The number of amides is 1. The fourth-order valence-corrected chi connectivity index (χ4v) is 1.65. The zero-order valence-electron chi connectivity index (χ0n) is 11.4. The van der Waals surface area contributed by atoms with Crippen LogP contribution < -0.4 is 5.32 Å².